The van der Waals surface area contributed by atoms with E-state index in [2.05, 4.69) is 10.3 Å². The molecule has 1 rings (SSSR count). The first-order valence-corrected chi connectivity index (χ1v) is 6.87. The quantitative estimate of drug-likeness (QED) is 0.807. The molecule has 1 heterocycles. The van der Waals surface area contributed by atoms with Gasteiger partial charge in [0.2, 0.25) is 5.88 Å². The molecular weight excluding hydrogens is 224 g/mol. The van der Waals surface area contributed by atoms with Crippen molar-refractivity contribution in [2.24, 2.45) is 0 Å². The fourth-order valence-corrected chi connectivity index (χ4v) is 2.16. The Labute approximate surface area is 98.9 Å². The second-order valence-corrected chi connectivity index (χ2v) is 5.21. The van der Waals surface area contributed by atoms with Crippen molar-refractivity contribution in [2.45, 2.75) is 19.5 Å². The van der Waals surface area contributed by atoms with Gasteiger partial charge in [-0.15, -0.1) is 0 Å². The highest BCUT2D eigenvalue weighted by Gasteiger charge is 2.03. The summed E-state index contributed by atoms with van der Waals surface area (Å²) in [5, 5.41) is 3.29. The van der Waals surface area contributed by atoms with Crippen LogP contribution in [0.3, 0.4) is 0 Å². The highest BCUT2D eigenvalue weighted by atomic mass is 32.2. The summed E-state index contributed by atoms with van der Waals surface area (Å²) < 4.78 is 16.0. The minimum Gasteiger partial charge on any atom is -0.481 e. The Hall–Kier alpha value is -0.940. The molecule has 4 nitrogen and oxygen atoms in total. The van der Waals surface area contributed by atoms with Gasteiger partial charge in [-0.3, -0.25) is 4.21 Å². The second kappa shape index (κ2) is 6.60. The Kier molecular flexibility index (Phi) is 5.42. The Morgan fingerprint density at radius 1 is 1.56 bits per heavy atom. The van der Waals surface area contributed by atoms with Crippen LogP contribution < -0.4 is 10.1 Å². The van der Waals surface area contributed by atoms with Crippen LogP contribution in [0.4, 0.5) is 0 Å². The molecule has 0 amide bonds. The molecule has 90 valence electrons. The van der Waals surface area contributed by atoms with Gasteiger partial charge in [-0.1, -0.05) is 6.07 Å². The molecule has 0 bridgehead atoms. The van der Waals surface area contributed by atoms with E-state index in [0.29, 0.717) is 11.6 Å². The summed E-state index contributed by atoms with van der Waals surface area (Å²) in [5.41, 5.74) is 1.09. The molecule has 2 unspecified atom stereocenters. The summed E-state index contributed by atoms with van der Waals surface area (Å²) in [6.45, 7) is 2.76. The van der Waals surface area contributed by atoms with Gasteiger partial charge in [0.15, 0.2) is 0 Å². The van der Waals surface area contributed by atoms with Crippen LogP contribution in [0.5, 0.6) is 5.88 Å². The zero-order valence-corrected chi connectivity index (χ0v) is 10.7. The topological polar surface area (TPSA) is 51.2 Å². The third-order valence-corrected chi connectivity index (χ3v) is 3.12. The van der Waals surface area contributed by atoms with Crippen LogP contribution in [0.15, 0.2) is 18.3 Å². The van der Waals surface area contributed by atoms with Crippen molar-refractivity contribution < 1.29 is 8.95 Å². The molecule has 0 radical (unpaired) electrons. The normalized spacial score (nSPS) is 14.4. The molecule has 0 aliphatic heterocycles. The summed E-state index contributed by atoms with van der Waals surface area (Å²) in [6, 6.07) is 4.04. The largest absolute Gasteiger partial charge is 0.481 e. The molecular formula is C11H18N2O2S. The van der Waals surface area contributed by atoms with Gasteiger partial charge in [0, 0.05) is 47.7 Å². The summed E-state index contributed by atoms with van der Waals surface area (Å²) in [5.74, 6) is 1.29. The third kappa shape index (κ3) is 4.72. The Balaban J connectivity index is 2.39. The number of methoxy groups -OCH3 is 1. The van der Waals surface area contributed by atoms with Crippen molar-refractivity contribution in [2.75, 3.05) is 19.1 Å². The average Bonchev–Trinajstić information content (AvgIpc) is 2.26. The van der Waals surface area contributed by atoms with Crippen molar-refractivity contribution in [3.8, 4) is 5.88 Å². The van der Waals surface area contributed by atoms with Crippen LogP contribution in [0.25, 0.3) is 0 Å². The number of ether oxygens (including phenoxy) is 1. The number of pyridine rings is 1. The van der Waals surface area contributed by atoms with E-state index < -0.39 is 10.8 Å². The van der Waals surface area contributed by atoms with Gasteiger partial charge in [-0.05, 0) is 12.5 Å². The van der Waals surface area contributed by atoms with E-state index in [1.165, 1.54) is 0 Å². The molecule has 0 spiro atoms. The molecule has 5 heteroatoms. The van der Waals surface area contributed by atoms with Gasteiger partial charge in [0.05, 0.1) is 7.11 Å². The smallest absolute Gasteiger partial charge is 0.212 e. The first kappa shape index (κ1) is 13.1. The average molecular weight is 242 g/mol. The lowest BCUT2D eigenvalue weighted by atomic mass is 10.2. The molecule has 0 aliphatic rings. The fourth-order valence-electron chi connectivity index (χ4n) is 1.34. The SMILES string of the molecule is COc1ccc(CNC(C)CS(C)=O)cn1. The fraction of sp³-hybridized carbons (Fsp3) is 0.545. The van der Waals surface area contributed by atoms with E-state index in [9.17, 15) is 4.21 Å². The molecule has 0 aromatic carbocycles. The van der Waals surface area contributed by atoms with E-state index in [0.717, 1.165) is 12.1 Å². The van der Waals surface area contributed by atoms with E-state index in [4.69, 9.17) is 4.74 Å². The van der Waals surface area contributed by atoms with Gasteiger partial charge < -0.3 is 10.1 Å². The molecule has 1 aromatic rings. The van der Waals surface area contributed by atoms with Crippen LogP contribution >= 0.6 is 0 Å². The molecule has 1 aromatic heterocycles. The maximum absolute atomic E-state index is 11.0. The van der Waals surface area contributed by atoms with Crippen LogP contribution in [0, 0.1) is 0 Å². The van der Waals surface area contributed by atoms with Crippen LogP contribution in [0.1, 0.15) is 12.5 Å². The zero-order valence-electron chi connectivity index (χ0n) is 9.90. The lowest BCUT2D eigenvalue weighted by Crippen LogP contribution is -2.30. The molecule has 0 fully saturated rings. The van der Waals surface area contributed by atoms with Crippen LogP contribution in [-0.2, 0) is 17.3 Å². The minimum atomic E-state index is -0.757. The molecule has 0 aliphatic carbocycles. The second-order valence-electron chi connectivity index (χ2n) is 3.73. The maximum atomic E-state index is 11.0. The molecule has 0 saturated heterocycles. The van der Waals surface area contributed by atoms with Gasteiger partial charge in [-0.2, -0.15) is 0 Å². The monoisotopic (exact) mass is 242 g/mol. The van der Waals surface area contributed by atoms with Crippen molar-refractivity contribution in [3.05, 3.63) is 23.9 Å². The molecule has 16 heavy (non-hydrogen) atoms. The number of rotatable bonds is 6. The predicted molar refractivity (Wildman–Crippen MR) is 66.0 cm³/mol. The van der Waals surface area contributed by atoms with Crippen molar-refractivity contribution in [1.82, 2.24) is 10.3 Å². The summed E-state index contributed by atoms with van der Waals surface area (Å²) in [7, 11) is 0.839. The van der Waals surface area contributed by atoms with Crippen molar-refractivity contribution >= 4 is 10.8 Å². The van der Waals surface area contributed by atoms with Crippen molar-refractivity contribution in [3.63, 3.8) is 0 Å². The summed E-state index contributed by atoms with van der Waals surface area (Å²) in [6.07, 6.45) is 3.49. The van der Waals surface area contributed by atoms with E-state index >= 15 is 0 Å². The Morgan fingerprint density at radius 3 is 2.81 bits per heavy atom. The van der Waals surface area contributed by atoms with Crippen molar-refractivity contribution in [1.29, 1.82) is 0 Å². The first-order chi connectivity index (χ1) is 7.61. The zero-order chi connectivity index (χ0) is 12.0. The number of nitrogens with one attached hydrogen (secondary N) is 1. The van der Waals surface area contributed by atoms with E-state index in [-0.39, 0.29) is 6.04 Å². The summed E-state index contributed by atoms with van der Waals surface area (Å²) in [4.78, 5) is 4.11. The number of hydrogen-bond donors (Lipinski definition) is 1. The van der Waals surface area contributed by atoms with Gasteiger partial charge >= 0.3 is 0 Å². The third-order valence-electron chi connectivity index (χ3n) is 2.15. The highest BCUT2D eigenvalue weighted by molar-refractivity contribution is 7.84. The van der Waals surface area contributed by atoms with Gasteiger partial charge in [0.25, 0.3) is 0 Å². The molecule has 2 atom stereocenters. The molecule has 0 saturated carbocycles. The summed E-state index contributed by atoms with van der Waals surface area (Å²) >= 11 is 0. The number of nitrogens with zero attached hydrogens (tertiary/aromatic N) is 1. The predicted octanol–water partition coefficient (Wildman–Crippen LogP) is 0.947. The number of aromatic nitrogens is 1. The van der Waals surface area contributed by atoms with Crippen LogP contribution in [-0.4, -0.2) is 34.4 Å². The van der Waals surface area contributed by atoms with E-state index in [1.807, 2.05) is 19.1 Å². The maximum Gasteiger partial charge on any atom is 0.212 e. The number of hydrogen-bond acceptors (Lipinski definition) is 4. The minimum absolute atomic E-state index is 0.243. The van der Waals surface area contributed by atoms with Crippen LogP contribution in [0.2, 0.25) is 0 Å². The van der Waals surface area contributed by atoms with Gasteiger partial charge in [0.1, 0.15) is 0 Å². The van der Waals surface area contributed by atoms with Gasteiger partial charge in [-0.25, -0.2) is 4.98 Å². The lowest BCUT2D eigenvalue weighted by Gasteiger charge is -2.12. The molecule has 1 N–H and O–H groups in total. The first-order valence-electron chi connectivity index (χ1n) is 5.14. The Morgan fingerprint density at radius 2 is 2.31 bits per heavy atom. The highest BCUT2D eigenvalue weighted by Crippen LogP contribution is 2.06. The standard InChI is InChI=1S/C11H18N2O2S/c1-9(8-16(3)14)12-6-10-4-5-11(15-2)13-7-10/h4-5,7,9,12H,6,8H2,1-3H3. The lowest BCUT2D eigenvalue weighted by molar-refractivity contribution is 0.397. The Bertz CT molecular complexity index is 340. The van der Waals surface area contributed by atoms with E-state index in [1.54, 1.807) is 19.6 Å².